The van der Waals surface area contributed by atoms with Gasteiger partial charge in [0.2, 0.25) is 0 Å². The number of pyridine rings is 2. The number of nitriles is 1. The molecule has 2 aromatic carbocycles. The van der Waals surface area contributed by atoms with Gasteiger partial charge in [-0.1, -0.05) is 55.8 Å². The van der Waals surface area contributed by atoms with E-state index >= 15 is 0 Å². The first-order chi connectivity index (χ1) is 20.1. The molecule has 3 aromatic heterocycles. The maximum atomic E-state index is 13.9. The maximum Gasteiger partial charge on any atom is 0.263 e. The molecule has 8 nitrogen and oxygen atoms in total. The second-order valence-electron chi connectivity index (χ2n) is 11.9. The van der Waals surface area contributed by atoms with Gasteiger partial charge in [0.1, 0.15) is 17.3 Å². The third kappa shape index (κ3) is 5.09. The van der Waals surface area contributed by atoms with Crippen LogP contribution in [0, 0.1) is 16.7 Å². The predicted octanol–water partition coefficient (Wildman–Crippen LogP) is 7.31. The molecule has 2 N–H and O–H groups in total. The molecule has 3 heterocycles. The van der Waals surface area contributed by atoms with Crippen LogP contribution >= 0.6 is 11.6 Å². The second-order valence-corrected chi connectivity index (χ2v) is 12.3. The molecule has 11 heteroatoms. The molecule has 42 heavy (non-hydrogen) atoms. The highest BCUT2D eigenvalue weighted by molar-refractivity contribution is 6.35. The standard InChI is InChI=1S/C31H29ClF2N8/c1-30(2,3)17-38-26-18(14-35)15-37-27-22(26)12-19(13-23(27)32)39-28(21-6-4-8-24-20(21)7-5-11-36-24)25-16-42(41-40-25)31(9-10-31)29(33)34/h4-8,11-13,15-16,28-29,39H,9-10,17H2,1-3H3,(H,37,38)/t28-/m0/s1. The number of alkyl halides is 2. The summed E-state index contributed by atoms with van der Waals surface area (Å²) in [6, 6.07) is 14.9. The van der Waals surface area contributed by atoms with Crippen molar-refractivity contribution >= 4 is 44.8 Å². The summed E-state index contributed by atoms with van der Waals surface area (Å²) in [6.45, 7) is 6.93. The minimum absolute atomic E-state index is 0.0432. The normalized spacial score (nSPS) is 15.1. The van der Waals surface area contributed by atoms with Gasteiger partial charge in [-0.15, -0.1) is 5.10 Å². The number of anilines is 2. The van der Waals surface area contributed by atoms with E-state index in [0.29, 0.717) is 57.9 Å². The van der Waals surface area contributed by atoms with E-state index in [0.717, 1.165) is 16.5 Å². The molecule has 1 atom stereocenters. The lowest BCUT2D eigenvalue weighted by molar-refractivity contribution is 0.0593. The summed E-state index contributed by atoms with van der Waals surface area (Å²) in [7, 11) is 0. The van der Waals surface area contributed by atoms with Gasteiger partial charge in [-0.25, -0.2) is 13.5 Å². The van der Waals surface area contributed by atoms with Crippen LogP contribution in [0.1, 0.15) is 56.5 Å². The highest BCUT2D eigenvalue weighted by atomic mass is 35.5. The number of hydrogen-bond donors (Lipinski definition) is 2. The quantitative estimate of drug-likeness (QED) is 0.196. The van der Waals surface area contributed by atoms with Crippen molar-refractivity contribution in [3.8, 4) is 6.07 Å². The summed E-state index contributed by atoms with van der Waals surface area (Å²) in [6.07, 6.45) is 3.00. The molecule has 0 radical (unpaired) electrons. The molecule has 1 aliphatic rings. The van der Waals surface area contributed by atoms with Gasteiger partial charge in [-0.2, -0.15) is 5.26 Å². The van der Waals surface area contributed by atoms with Crippen molar-refractivity contribution in [3.63, 3.8) is 0 Å². The third-order valence-electron chi connectivity index (χ3n) is 7.57. The highest BCUT2D eigenvalue weighted by Gasteiger charge is 2.54. The Balaban J connectivity index is 1.48. The molecule has 0 saturated heterocycles. The van der Waals surface area contributed by atoms with E-state index in [-0.39, 0.29) is 5.41 Å². The molecular weight excluding hydrogens is 558 g/mol. The van der Waals surface area contributed by atoms with E-state index in [1.54, 1.807) is 18.5 Å². The SMILES string of the molecule is CC(C)(C)CNc1c(C#N)cnc2c(Cl)cc(N[C@H](c3cn(C4(C(F)F)CC4)nn3)c3cccc4ncccc34)cc12. The molecule has 5 aromatic rings. The van der Waals surface area contributed by atoms with Gasteiger partial charge >= 0.3 is 0 Å². The summed E-state index contributed by atoms with van der Waals surface area (Å²) >= 11 is 6.76. The van der Waals surface area contributed by atoms with Gasteiger partial charge in [0.25, 0.3) is 6.43 Å². The van der Waals surface area contributed by atoms with Crippen molar-refractivity contribution in [1.29, 1.82) is 5.26 Å². The van der Waals surface area contributed by atoms with Crippen LogP contribution in [0.2, 0.25) is 5.02 Å². The number of fused-ring (bicyclic) bond motifs is 2. The zero-order valence-electron chi connectivity index (χ0n) is 23.4. The minimum Gasteiger partial charge on any atom is -0.383 e. The molecular formula is C31H29ClF2N8. The summed E-state index contributed by atoms with van der Waals surface area (Å²) in [5, 5.41) is 27.3. The van der Waals surface area contributed by atoms with Crippen molar-refractivity contribution in [3.05, 3.63) is 82.9 Å². The molecule has 0 bridgehead atoms. The maximum absolute atomic E-state index is 13.9. The second kappa shape index (κ2) is 10.5. The van der Waals surface area contributed by atoms with Crippen LogP contribution in [0.25, 0.3) is 21.8 Å². The van der Waals surface area contributed by atoms with Gasteiger partial charge in [0.05, 0.1) is 39.5 Å². The Bertz CT molecular complexity index is 1830. The molecule has 6 rings (SSSR count). The van der Waals surface area contributed by atoms with E-state index in [9.17, 15) is 14.0 Å². The molecule has 1 saturated carbocycles. The minimum atomic E-state index is -2.54. The average molecular weight is 587 g/mol. The number of nitrogens with one attached hydrogen (secondary N) is 2. The lowest BCUT2D eigenvalue weighted by Gasteiger charge is -2.23. The zero-order chi connectivity index (χ0) is 29.6. The van der Waals surface area contributed by atoms with Crippen LogP contribution in [0.3, 0.4) is 0 Å². The van der Waals surface area contributed by atoms with Crippen LogP contribution in [-0.2, 0) is 5.54 Å². The first-order valence-electron chi connectivity index (χ1n) is 13.7. The van der Waals surface area contributed by atoms with Gasteiger partial charge in [-0.05, 0) is 48.1 Å². The topological polar surface area (TPSA) is 104 Å². The molecule has 214 valence electrons. The Kier molecular flexibility index (Phi) is 6.93. The molecule has 0 unspecified atom stereocenters. The lowest BCUT2D eigenvalue weighted by atomic mass is 9.96. The largest absolute Gasteiger partial charge is 0.383 e. The van der Waals surface area contributed by atoms with Crippen molar-refractivity contribution in [1.82, 2.24) is 25.0 Å². The molecule has 1 aliphatic carbocycles. The molecule has 0 amide bonds. The summed E-state index contributed by atoms with van der Waals surface area (Å²) in [5.74, 6) is 0. The van der Waals surface area contributed by atoms with E-state index in [4.69, 9.17) is 11.6 Å². The average Bonchev–Trinajstić information content (AvgIpc) is 3.64. The van der Waals surface area contributed by atoms with Crippen LogP contribution in [-0.4, -0.2) is 37.9 Å². The zero-order valence-corrected chi connectivity index (χ0v) is 24.1. The highest BCUT2D eigenvalue weighted by Crippen LogP contribution is 2.48. The Morgan fingerprint density at radius 2 is 1.93 bits per heavy atom. The van der Waals surface area contributed by atoms with Gasteiger partial charge < -0.3 is 10.6 Å². The third-order valence-corrected chi connectivity index (χ3v) is 7.86. The van der Waals surface area contributed by atoms with E-state index in [1.807, 2.05) is 36.4 Å². The monoisotopic (exact) mass is 586 g/mol. The fraction of sp³-hybridized carbons (Fsp3) is 0.323. The van der Waals surface area contributed by atoms with Crippen LogP contribution in [0.4, 0.5) is 20.2 Å². The van der Waals surface area contributed by atoms with Crippen molar-refractivity contribution in [2.45, 2.75) is 51.6 Å². The van der Waals surface area contributed by atoms with Gasteiger partial charge in [-0.3, -0.25) is 9.97 Å². The molecule has 0 aliphatic heterocycles. The van der Waals surface area contributed by atoms with E-state index < -0.39 is 18.0 Å². The van der Waals surface area contributed by atoms with Crippen molar-refractivity contribution in [2.75, 3.05) is 17.2 Å². The number of rotatable bonds is 8. The summed E-state index contributed by atoms with van der Waals surface area (Å²) < 4.78 is 29.1. The Morgan fingerprint density at radius 1 is 1.12 bits per heavy atom. The van der Waals surface area contributed by atoms with Gasteiger partial charge in [0, 0.05) is 35.4 Å². The number of benzene rings is 2. The van der Waals surface area contributed by atoms with Crippen LogP contribution < -0.4 is 10.6 Å². The van der Waals surface area contributed by atoms with Crippen LogP contribution in [0.15, 0.2) is 61.1 Å². The first kappa shape index (κ1) is 27.8. The van der Waals surface area contributed by atoms with E-state index in [1.165, 1.54) is 10.9 Å². The van der Waals surface area contributed by atoms with Crippen LogP contribution in [0.5, 0.6) is 0 Å². The lowest BCUT2D eigenvalue weighted by Crippen LogP contribution is -2.26. The Hall–Kier alpha value is -4.36. The Labute approximate surface area is 246 Å². The first-order valence-corrected chi connectivity index (χ1v) is 14.0. The van der Waals surface area contributed by atoms with Crippen molar-refractivity contribution in [2.24, 2.45) is 5.41 Å². The fourth-order valence-corrected chi connectivity index (χ4v) is 5.40. The summed E-state index contributed by atoms with van der Waals surface area (Å²) in [5.41, 5.74) is 3.00. The fourth-order valence-electron chi connectivity index (χ4n) is 5.13. The Morgan fingerprint density at radius 3 is 2.64 bits per heavy atom. The number of hydrogen-bond acceptors (Lipinski definition) is 7. The molecule has 0 spiro atoms. The predicted molar refractivity (Wildman–Crippen MR) is 160 cm³/mol. The molecule has 1 fully saturated rings. The van der Waals surface area contributed by atoms with Crippen molar-refractivity contribution < 1.29 is 8.78 Å². The van der Waals surface area contributed by atoms with E-state index in [2.05, 4.69) is 57.8 Å². The summed E-state index contributed by atoms with van der Waals surface area (Å²) in [4.78, 5) is 8.95. The number of nitrogens with zero attached hydrogens (tertiary/aromatic N) is 6. The smallest absolute Gasteiger partial charge is 0.263 e. The van der Waals surface area contributed by atoms with Gasteiger partial charge in [0.15, 0.2) is 0 Å². The number of aromatic nitrogens is 5. The number of halogens is 3.